The van der Waals surface area contributed by atoms with Crippen LogP contribution in [0.15, 0.2) is 42.5 Å². The van der Waals surface area contributed by atoms with Crippen LogP contribution in [0.2, 0.25) is 0 Å². The molecule has 1 nitrogen and oxygen atoms in total. The van der Waals surface area contributed by atoms with Gasteiger partial charge in [0.15, 0.2) is 0 Å². The van der Waals surface area contributed by atoms with Crippen molar-refractivity contribution in [3.8, 4) is 0 Å². The molecule has 0 amide bonds. The van der Waals surface area contributed by atoms with Crippen LogP contribution in [-0.2, 0) is 5.67 Å². The lowest BCUT2D eigenvalue weighted by Crippen LogP contribution is -2.40. The molecule has 1 saturated heterocycles. The molecule has 1 aliphatic heterocycles. The van der Waals surface area contributed by atoms with Crippen LogP contribution in [0.3, 0.4) is 0 Å². The average Bonchev–Trinajstić information content (AvgIpc) is 2.39. The largest absolute Gasteiger partial charge is 0.313 e. The van der Waals surface area contributed by atoms with E-state index in [2.05, 4.69) is 5.32 Å². The number of benzene rings is 2. The summed E-state index contributed by atoms with van der Waals surface area (Å²) >= 11 is 0. The molecule has 88 valence electrons. The third-order valence-electron chi connectivity index (χ3n) is 3.60. The highest BCUT2D eigenvalue weighted by molar-refractivity contribution is 5.86. The topological polar surface area (TPSA) is 12.0 Å². The number of fused-ring (bicyclic) bond motifs is 1. The number of hydrogen-bond acceptors (Lipinski definition) is 1. The second-order valence-electron chi connectivity index (χ2n) is 4.77. The Bertz CT molecular complexity index is 524. The molecule has 0 aromatic heterocycles. The Morgan fingerprint density at radius 2 is 1.88 bits per heavy atom. The molecule has 2 heteroatoms. The maximum absolute atomic E-state index is 15.0. The fourth-order valence-electron chi connectivity index (χ4n) is 2.71. The summed E-state index contributed by atoms with van der Waals surface area (Å²) in [6.07, 6.45) is 1.52. The van der Waals surface area contributed by atoms with E-state index in [-0.39, 0.29) is 0 Å². The smallest absolute Gasteiger partial charge is 0.149 e. The van der Waals surface area contributed by atoms with Gasteiger partial charge in [0, 0.05) is 6.54 Å². The van der Waals surface area contributed by atoms with Crippen LogP contribution in [0.25, 0.3) is 10.8 Å². The summed E-state index contributed by atoms with van der Waals surface area (Å²) in [5.41, 5.74) is -0.373. The van der Waals surface area contributed by atoms with E-state index in [4.69, 9.17) is 0 Å². The van der Waals surface area contributed by atoms with Crippen LogP contribution >= 0.6 is 0 Å². The van der Waals surface area contributed by atoms with Gasteiger partial charge in [0.1, 0.15) is 5.67 Å². The van der Waals surface area contributed by atoms with E-state index in [1.54, 1.807) is 0 Å². The van der Waals surface area contributed by atoms with Gasteiger partial charge in [0.05, 0.1) is 0 Å². The predicted octanol–water partition coefficient (Wildman–Crippen LogP) is 3.39. The minimum absolute atomic E-state index is 0.432. The van der Waals surface area contributed by atoms with Gasteiger partial charge in [-0.3, -0.25) is 0 Å². The third-order valence-corrected chi connectivity index (χ3v) is 3.60. The van der Waals surface area contributed by atoms with Gasteiger partial charge in [-0.1, -0.05) is 42.5 Å². The Balaban J connectivity index is 2.16. The van der Waals surface area contributed by atoms with Crippen molar-refractivity contribution in [1.29, 1.82) is 0 Å². The molecule has 1 heterocycles. The van der Waals surface area contributed by atoms with Gasteiger partial charge in [-0.2, -0.15) is 0 Å². The minimum atomic E-state index is -1.21. The zero-order valence-electron chi connectivity index (χ0n) is 9.75. The number of rotatable bonds is 1. The monoisotopic (exact) mass is 229 g/mol. The van der Waals surface area contributed by atoms with E-state index in [1.165, 1.54) is 0 Å². The van der Waals surface area contributed by atoms with Crippen LogP contribution in [0.1, 0.15) is 18.4 Å². The molecule has 0 bridgehead atoms. The number of nitrogens with one attached hydrogen (secondary N) is 1. The highest BCUT2D eigenvalue weighted by Gasteiger charge is 2.34. The van der Waals surface area contributed by atoms with Gasteiger partial charge in [0.2, 0.25) is 0 Å². The SMILES string of the molecule is FC1(c2cccc3ccccc23)CCCNC1. The zero-order chi connectivity index (χ0) is 11.7. The van der Waals surface area contributed by atoms with Crippen LogP contribution < -0.4 is 5.32 Å². The molecule has 3 rings (SSSR count). The molecule has 1 N–H and O–H groups in total. The van der Waals surface area contributed by atoms with Gasteiger partial charge in [-0.15, -0.1) is 0 Å². The molecule has 1 aliphatic rings. The highest BCUT2D eigenvalue weighted by Crippen LogP contribution is 2.36. The van der Waals surface area contributed by atoms with Crippen molar-refractivity contribution in [2.75, 3.05) is 13.1 Å². The lowest BCUT2D eigenvalue weighted by molar-refractivity contribution is 0.123. The van der Waals surface area contributed by atoms with Crippen molar-refractivity contribution in [2.24, 2.45) is 0 Å². The Kier molecular flexibility index (Phi) is 2.60. The second kappa shape index (κ2) is 4.11. The number of halogens is 1. The summed E-state index contributed by atoms with van der Waals surface area (Å²) in [4.78, 5) is 0. The summed E-state index contributed by atoms with van der Waals surface area (Å²) < 4.78 is 15.0. The van der Waals surface area contributed by atoms with E-state index in [1.807, 2.05) is 42.5 Å². The minimum Gasteiger partial charge on any atom is -0.313 e. The first-order valence-corrected chi connectivity index (χ1v) is 6.17. The molecule has 1 unspecified atom stereocenters. The Morgan fingerprint density at radius 1 is 1.06 bits per heavy atom. The molecule has 17 heavy (non-hydrogen) atoms. The fraction of sp³-hybridized carbons (Fsp3) is 0.333. The van der Waals surface area contributed by atoms with E-state index in [9.17, 15) is 4.39 Å². The average molecular weight is 229 g/mol. The van der Waals surface area contributed by atoms with E-state index in [0.717, 1.165) is 29.3 Å². The molecule has 2 aromatic carbocycles. The second-order valence-corrected chi connectivity index (χ2v) is 4.77. The van der Waals surface area contributed by atoms with Gasteiger partial charge in [0.25, 0.3) is 0 Å². The molecular formula is C15H16FN. The summed E-state index contributed by atoms with van der Waals surface area (Å²) in [5.74, 6) is 0. The fourth-order valence-corrected chi connectivity index (χ4v) is 2.71. The van der Waals surface area contributed by atoms with E-state index < -0.39 is 5.67 Å². The van der Waals surface area contributed by atoms with Gasteiger partial charge >= 0.3 is 0 Å². The molecule has 1 atom stereocenters. The highest BCUT2D eigenvalue weighted by atomic mass is 19.1. The maximum Gasteiger partial charge on any atom is 0.149 e. The Morgan fingerprint density at radius 3 is 2.71 bits per heavy atom. The van der Waals surface area contributed by atoms with E-state index in [0.29, 0.717) is 13.0 Å². The van der Waals surface area contributed by atoms with Gasteiger partial charge < -0.3 is 5.32 Å². The summed E-state index contributed by atoms with van der Waals surface area (Å²) in [5, 5.41) is 5.32. The standard InChI is InChI=1S/C15H16FN/c16-15(9-4-10-17-11-15)14-8-3-6-12-5-1-2-7-13(12)14/h1-3,5-8,17H,4,9-11H2. The van der Waals surface area contributed by atoms with Crippen molar-refractivity contribution in [3.05, 3.63) is 48.0 Å². The molecule has 0 aliphatic carbocycles. The van der Waals surface area contributed by atoms with Crippen LogP contribution in [0.5, 0.6) is 0 Å². The van der Waals surface area contributed by atoms with Crippen molar-refractivity contribution in [3.63, 3.8) is 0 Å². The van der Waals surface area contributed by atoms with Crippen LogP contribution in [0.4, 0.5) is 4.39 Å². The van der Waals surface area contributed by atoms with Gasteiger partial charge in [-0.25, -0.2) is 4.39 Å². The number of piperidine rings is 1. The van der Waals surface area contributed by atoms with Gasteiger partial charge in [-0.05, 0) is 35.7 Å². The molecular weight excluding hydrogens is 213 g/mol. The lowest BCUT2D eigenvalue weighted by Gasteiger charge is -2.31. The first kappa shape index (κ1) is 10.7. The summed E-state index contributed by atoms with van der Waals surface area (Å²) in [7, 11) is 0. The van der Waals surface area contributed by atoms with Crippen molar-refractivity contribution in [2.45, 2.75) is 18.5 Å². The normalized spacial score (nSPS) is 25.0. The molecule has 0 radical (unpaired) electrons. The Hall–Kier alpha value is -1.41. The quantitative estimate of drug-likeness (QED) is 0.790. The van der Waals surface area contributed by atoms with Crippen molar-refractivity contribution >= 4 is 10.8 Å². The first-order chi connectivity index (χ1) is 8.30. The van der Waals surface area contributed by atoms with Crippen LogP contribution in [-0.4, -0.2) is 13.1 Å². The third kappa shape index (κ3) is 1.83. The molecule has 1 fully saturated rings. The van der Waals surface area contributed by atoms with Crippen molar-refractivity contribution in [1.82, 2.24) is 5.32 Å². The van der Waals surface area contributed by atoms with E-state index >= 15 is 0 Å². The number of alkyl halides is 1. The number of hydrogen-bond donors (Lipinski definition) is 1. The first-order valence-electron chi connectivity index (χ1n) is 6.17. The predicted molar refractivity (Wildman–Crippen MR) is 68.8 cm³/mol. The summed E-state index contributed by atoms with van der Waals surface area (Å²) in [6.45, 7) is 1.36. The van der Waals surface area contributed by atoms with Crippen LogP contribution in [0, 0.1) is 0 Å². The molecule has 2 aromatic rings. The van der Waals surface area contributed by atoms with Crippen molar-refractivity contribution < 1.29 is 4.39 Å². The molecule has 0 saturated carbocycles. The summed E-state index contributed by atoms with van der Waals surface area (Å²) in [6, 6.07) is 13.9. The Labute approximate surface area is 101 Å². The zero-order valence-corrected chi connectivity index (χ0v) is 9.75. The molecule has 0 spiro atoms. The maximum atomic E-state index is 15.0. The lowest BCUT2D eigenvalue weighted by atomic mass is 9.85.